The molecule has 0 aliphatic heterocycles. The van der Waals surface area contributed by atoms with E-state index in [9.17, 15) is 0 Å². The fourth-order valence-electron chi connectivity index (χ4n) is 1.05. The number of rotatable bonds is 7. The van der Waals surface area contributed by atoms with E-state index in [1.165, 1.54) is 0 Å². The Kier molecular flexibility index (Phi) is 7.45. The summed E-state index contributed by atoms with van der Waals surface area (Å²) in [5.41, 5.74) is 0. The molecule has 0 aliphatic rings. The van der Waals surface area contributed by atoms with Gasteiger partial charge in [-0.3, -0.25) is 0 Å². The zero-order chi connectivity index (χ0) is 9.40. The van der Waals surface area contributed by atoms with Crippen LogP contribution in [-0.4, -0.2) is 38.0 Å². The molecule has 74 valence electrons. The first-order valence-electron chi connectivity index (χ1n) is 4.57. The predicted octanol–water partition coefficient (Wildman–Crippen LogP) is 0.629. The lowest BCUT2D eigenvalue weighted by atomic mass is 10.1. The van der Waals surface area contributed by atoms with Crippen molar-refractivity contribution in [2.24, 2.45) is 5.92 Å². The monoisotopic (exact) mass is 175 g/mol. The first-order chi connectivity index (χ1) is 5.74. The number of aliphatic hydroxyl groups is 1. The zero-order valence-electron chi connectivity index (χ0n) is 8.34. The van der Waals surface area contributed by atoms with Crippen LogP contribution in [0.25, 0.3) is 0 Å². The maximum Gasteiger partial charge on any atom is 0.0584 e. The molecule has 12 heavy (non-hydrogen) atoms. The summed E-state index contributed by atoms with van der Waals surface area (Å²) >= 11 is 0. The third-order valence-corrected chi connectivity index (χ3v) is 1.92. The molecule has 0 aromatic rings. The van der Waals surface area contributed by atoms with Crippen molar-refractivity contribution in [3.8, 4) is 0 Å². The summed E-state index contributed by atoms with van der Waals surface area (Å²) in [4.78, 5) is 0. The molecule has 2 N–H and O–H groups in total. The summed E-state index contributed by atoms with van der Waals surface area (Å²) in [5, 5.41) is 12.1. The molecule has 0 heterocycles. The van der Waals surface area contributed by atoms with Gasteiger partial charge in [0.1, 0.15) is 0 Å². The third kappa shape index (κ3) is 5.52. The molecule has 2 atom stereocenters. The second kappa shape index (κ2) is 7.53. The highest BCUT2D eigenvalue weighted by Gasteiger charge is 2.06. The number of methoxy groups -OCH3 is 1. The number of ether oxygens (including phenoxy) is 1. The van der Waals surface area contributed by atoms with Crippen molar-refractivity contribution in [2.45, 2.75) is 26.3 Å². The lowest BCUT2D eigenvalue weighted by molar-refractivity contribution is 0.152. The first kappa shape index (κ1) is 11.9. The van der Waals surface area contributed by atoms with Crippen LogP contribution in [0.1, 0.15) is 20.3 Å². The summed E-state index contributed by atoms with van der Waals surface area (Å²) in [6.07, 6.45) is 0.968. The van der Waals surface area contributed by atoms with E-state index in [1.807, 2.05) is 0 Å². The van der Waals surface area contributed by atoms with Gasteiger partial charge in [-0.1, -0.05) is 13.8 Å². The molecule has 0 aromatic carbocycles. The van der Waals surface area contributed by atoms with Crippen molar-refractivity contribution in [3.05, 3.63) is 0 Å². The molecule has 0 fully saturated rings. The van der Waals surface area contributed by atoms with Gasteiger partial charge in [-0.05, 0) is 12.3 Å². The van der Waals surface area contributed by atoms with Crippen molar-refractivity contribution in [3.63, 3.8) is 0 Å². The minimum atomic E-state index is 0.218. The van der Waals surface area contributed by atoms with Gasteiger partial charge >= 0.3 is 0 Å². The highest BCUT2D eigenvalue weighted by atomic mass is 16.5. The smallest absolute Gasteiger partial charge is 0.0584 e. The fourth-order valence-corrected chi connectivity index (χ4v) is 1.05. The fraction of sp³-hybridized carbons (Fsp3) is 1.00. The highest BCUT2D eigenvalue weighted by molar-refractivity contribution is 4.65. The minimum Gasteiger partial charge on any atom is -0.395 e. The van der Waals surface area contributed by atoms with Crippen molar-refractivity contribution >= 4 is 0 Å². The van der Waals surface area contributed by atoms with Crippen molar-refractivity contribution in [1.82, 2.24) is 5.32 Å². The van der Waals surface area contributed by atoms with Gasteiger partial charge in [0.15, 0.2) is 0 Å². The Hall–Kier alpha value is -0.120. The van der Waals surface area contributed by atoms with Crippen LogP contribution in [0, 0.1) is 5.92 Å². The average Bonchev–Trinajstić information content (AvgIpc) is 2.07. The van der Waals surface area contributed by atoms with E-state index in [2.05, 4.69) is 19.2 Å². The molecule has 3 nitrogen and oxygen atoms in total. The van der Waals surface area contributed by atoms with Gasteiger partial charge in [0.2, 0.25) is 0 Å². The van der Waals surface area contributed by atoms with Crippen LogP contribution in [0.3, 0.4) is 0 Å². The van der Waals surface area contributed by atoms with E-state index >= 15 is 0 Å². The van der Waals surface area contributed by atoms with Gasteiger partial charge in [-0.2, -0.15) is 0 Å². The maximum atomic E-state index is 8.88. The van der Waals surface area contributed by atoms with Gasteiger partial charge in [-0.15, -0.1) is 0 Å². The van der Waals surface area contributed by atoms with Gasteiger partial charge in [-0.25, -0.2) is 0 Å². The van der Waals surface area contributed by atoms with Crippen LogP contribution < -0.4 is 5.32 Å². The SMILES string of the molecule is CCC(CO)NCC(C)COC. The molecule has 0 spiro atoms. The Morgan fingerprint density at radius 3 is 2.58 bits per heavy atom. The highest BCUT2D eigenvalue weighted by Crippen LogP contribution is 1.95. The molecule has 3 heteroatoms. The lowest BCUT2D eigenvalue weighted by Gasteiger charge is -2.17. The lowest BCUT2D eigenvalue weighted by Crippen LogP contribution is -2.35. The van der Waals surface area contributed by atoms with Crippen LogP contribution in [0.15, 0.2) is 0 Å². The molecule has 0 rings (SSSR count). The largest absolute Gasteiger partial charge is 0.395 e. The Labute approximate surface area is 75.1 Å². The average molecular weight is 175 g/mol. The minimum absolute atomic E-state index is 0.218. The predicted molar refractivity (Wildman–Crippen MR) is 50.2 cm³/mol. The molecule has 0 bridgehead atoms. The summed E-state index contributed by atoms with van der Waals surface area (Å²) in [6, 6.07) is 0.240. The van der Waals surface area contributed by atoms with E-state index in [4.69, 9.17) is 9.84 Å². The Balaban J connectivity index is 3.37. The van der Waals surface area contributed by atoms with Crippen LogP contribution in [0.4, 0.5) is 0 Å². The quantitative estimate of drug-likeness (QED) is 0.596. The van der Waals surface area contributed by atoms with Gasteiger partial charge in [0.25, 0.3) is 0 Å². The number of nitrogens with one attached hydrogen (secondary N) is 1. The molecule has 0 saturated heterocycles. The van der Waals surface area contributed by atoms with Crippen LogP contribution in [0.2, 0.25) is 0 Å². The van der Waals surface area contributed by atoms with E-state index in [0.717, 1.165) is 19.6 Å². The van der Waals surface area contributed by atoms with Crippen LogP contribution in [0.5, 0.6) is 0 Å². The summed E-state index contributed by atoms with van der Waals surface area (Å²) in [6.45, 7) is 6.09. The first-order valence-corrected chi connectivity index (χ1v) is 4.57. The van der Waals surface area contributed by atoms with E-state index in [0.29, 0.717) is 5.92 Å². The number of hydrogen-bond donors (Lipinski definition) is 2. The van der Waals surface area contributed by atoms with Crippen molar-refractivity contribution in [2.75, 3.05) is 26.9 Å². The zero-order valence-corrected chi connectivity index (χ0v) is 8.34. The van der Waals surface area contributed by atoms with Gasteiger partial charge < -0.3 is 15.2 Å². The Morgan fingerprint density at radius 2 is 2.17 bits per heavy atom. The van der Waals surface area contributed by atoms with Gasteiger partial charge in [0, 0.05) is 26.3 Å². The Morgan fingerprint density at radius 1 is 1.50 bits per heavy atom. The number of hydrogen-bond acceptors (Lipinski definition) is 3. The van der Waals surface area contributed by atoms with Crippen molar-refractivity contribution < 1.29 is 9.84 Å². The maximum absolute atomic E-state index is 8.88. The molecular formula is C9H21NO2. The van der Waals surface area contributed by atoms with E-state index in [-0.39, 0.29) is 12.6 Å². The molecular weight excluding hydrogens is 154 g/mol. The Bertz CT molecular complexity index is 94.5. The normalized spacial score (nSPS) is 16.0. The molecule has 0 radical (unpaired) electrons. The third-order valence-electron chi connectivity index (χ3n) is 1.92. The molecule has 2 unspecified atom stereocenters. The van der Waals surface area contributed by atoms with Crippen LogP contribution >= 0.6 is 0 Å². The van der Waals surface area contributed by atoms with E-state index < -0.39 is 0 Å². The standard InChI is InChI=1S/C9H21NO2/c1-4-9(6-11)10-5-8(2)7-12-3/h8-11H,4-7H2,1-3H3. The second-order valence-electron chi connectivity index (χ2n) is 3.26. The molecule has 0 aromatic heterocycles. The van der Waals surface area contributed by atoms with Gasteiger partial charge in [0.05, 0.1) is 6.61 Å². The molecule has 0 aliphatic carbocycles. The second-order valence-corrected chi connectivity index (χ2v) is 3.26. The van der Waals surface area contributed by atoms with Crippen molar-refractivity contribution in [1.29, 1.82) is 0 Å². The van der Waals surface area contributed by atoms with E-state index in [1.54, 1.807) is 7.11 Å². The van der Waals surface area contributed by atoms with Crippen LogP contribution in [-0.2, 0) is 4.74 Å². The summed E-state index contributed by atoms with van der Waals surface area (Å²) < 4.78 is 5.00. The summed E-state index contributed by atoms with van der Waals surface area (Å²) in [7, 11) is 1.71. The molecule has 0 amide bonds. The number of aliphatic hydroxyl groups excluding tert-OH is 1. The molecule has 0 saturated carbocycles. The topological polar surface area (TPSA) is 41.5 Å². The summed E-state index contributed by atoms with van der Waals surface area (Å²) in [5.74, 6) is 0.510.